The van der Waals surface area contributed by atoms with Gasteiger partial charge in [0, 0.05) is 18.3 Å². The van der Waals surface area contributed by atoms with E-state index in [2.05, 4.69) is 9.71 Å². The van der Waals surface area contributed by atoms with Gasteiger partial charge in [-0.15, -0.1) is 11.3 Å². The lowest BCUT2D eigenvalue weighted by molar-refractivity contribution is 0.0742. The van der Waals surface area contributed by atoms with Crippen LogP contribution in [0.2, 0.25) is 0 Å². The topological polar surface area (TPSA) is 88.6 Å². The van der Waals surface area contributed by atoms with E-state index in [0.717, 1.165) is 15.2 Å². The molecule has 1 heterocycles. The van der Waals surface area contributed by atoms with Crippen molar-refractivity contribution in [3.63, 3.8) is 0 Å². The summed E-state index contributed by atoms with van der Waals surface area (Å²) in [5, 5.41) is 0.817. The van der Waals surface area contributed by atoms with Crippen LogP contribution in [0.15, 0.2) is 77.7 Å². The molecule has 1 N–H and O–H groups in total. The number of ether oxygens (including phenoxy) is 1. The summed E-state index contributed by atoms with van der Waals surface area (Å²) in [4.78, 5) is 19.4. The third-order valence-corrected chi connectivity index (χ3v) is 7.89. The number of benzene rings is 3. The number of methoxy groups -OCH3 is 1. The minimum Gasteiger partial charge on any atom is -0.497 e. The lowest BCUT2D eigenvalue weighted by Gasteiger charge is -2.23. The number of sulfonamides is 1. The first-order valence-corrected chi connectivity index (χ1v) is 12.5. The molecule has 4 aromatic rings. The second kappa shape index (κ2) is 9.21. The third-order valence-electron chi connectivity index (χ3n) is 5.30. The Hall–Kier alpha value is -3.43. The van der Waals surface area contributed by atoms with Crippen molar-refractivity contribution in [2.24, 2.45) is 0 Å². The van der Waals surface area contributed by atoms with Crippen LogP contribution in [0.5, 0.6) is 5.75 Å². The average molecular weight is 482 g/mol. The number of fused-ring (bicyclic) bond motifs is 1. The zero-order valence-corrected chi connectivity index (χ0v) is 20.0. The van der Waals surface area contributed by atoms with Crippen molar-refractivity contribution in [1.82, 2.24) is 9.88 Å². The maximum Gasteiger partial charge on any atom is 0.261 e. The SMILES string of the molecule is COc1ccc(NS(=O)(=O)c2cccc(C(=O)N(C)C(C)c3nc4ccccc4s3)c2)cc1. The zero-order chi connectivity index (χ0) is 23.6. The van der Waals surface area contributed by atoms with Gasteiger partial charge in [-0.1, -0.05) is 18.2 Å². The molecule has 4 rings (SSSR count). The van der Waals surface area contributed by atoms with Crippen LogP contribution in [-0.2, 0) is 10.0 Å². The number of anilines is 1. The van der Waals surface area contributed by atoms with E-state index >= 15 is 0 Å². The average Bonchev–Trinajstić information content (AvgIpc) is 3.27. The van der Waals surface area contributed by atoms with E-state index in [1.807, 2.05) is 31.2 Å². The molecule has 9 heteroatoms. The second-order valence-electron chi connectivity index (χ2n) is 7.47. The van der Waals surface area contributed by atoms with Gasteiger partial charge >= 0.3 is 0 Å². The summed E-state index contributed by atoms with van der Waals surface area (Å²) in [6, 6.07) is 20.1. The summed E-state index contributed by atoms with van der Waals surface area (Å²) in [7, 11) is -0.648. The number of nitrogens with zero attached hydrogens (tertiary/aromatic N) is 2. The molecule has 1 unspecified atom stereocenters. The molecule has 0 saturated heterocycles. The van der Waals surface area contributed by atoms with E-state index in [0.29, 0.717) is 11.4 Å². The molecular weight excluding hydrogens is 458 g/mol. The van der Waals surface area contributed by atoms with Gasteiger partial charge in [-0.05, 0) is 61.5 Å². The minimum absolute atomic E-state index is 0.00482. The van der Waals surface area contributed by atoms with Gasteiger partial charge in [0.15, 0.2) is 0 Å². The van der Waals surface area contributed by atoms with Crippen molar-refractivity contribution in [2.75, 3.05) is 18.9 Å². The quantitative estimate of drug-likeness (QED) is 0.404. The summed E-state index contributed by atoms with van der Waals surface area (Å²) < 4.78 is 34.4. The molecule has 0 bridgehead atoms. The number of aromatic nitrogens is 1. The Morgan fingerprint density at radius 2 is 1.79 bits per heavy atom. The number of thiazole rings is 1. The van der Waals surface area contributed by atoms with Gasteiger partial charge in [0.2, 0.25) is 0 Å². The zero-order valence-electron chi connectivity index (χ0n) is 18.3. The van der Waals surface area contributed by atoms with Crippen molar-refractivity contribution in [3.8, 4) is 5.75 Å². The fraction of sp³-hybridized carbons (Fsp3) is 0.167. The fourth-order valence-electron chi connectivity index (χ4n) is 3.28. The summed E-state index contributed by atoms with van der Waals surface area (Å²) in [5.74, 6) is 0.332. The Labute approximate surface area is 196 Å². The number of amides is 1. The Balaban J connectivity index is 1.54. The number of carbonyl (C=O) groups excluding carboxylic acids is 1. The van der Waals surface area contributed by atoms with Crippen molar-refractivity contribution in [3.05, 3.63) is 83.4 Å². The molecule has 3 aromatic carbocycles. The van der Waals surface area contributed by atoms with Gasteiger partial charge in [0.1, 0.15) is 10.8 Å². The summed E-state index contributed by atoms with van der Waals surface area (Å²) in [6.07, 6.45) is 0. The number of hydrogen-bond acceptors (Lipinski definition) is 6. The van der Waals surface area contributed by atoms with Gasteiger partial charge in [-0.3, -0.25) is 9.52 Å². The van der Waals surface area contributed by atoms with E-state index in [9.17, 15) is 13.2 Å². The number of hydrogen-bond donors (Lipinski definition) is 1. The smallest absolute Gasteiger partial charge is 0.261 e. The molecule has 1 atom stereocenters. The molecule has 170 valence electrons. The molecule has 0 fully saturated rings. The van der Waals surface area contributed by atoms with Crippen LogP contribution in [0.25, 0.3) is 10.2 Å². The number of nitrogens with one attached hydrogen (secondary N) is 1. The molecule has 7 nitrogen and oxygen atoms in total. The molecule has 0 aliphatic rings. The first-order valence-electron chi connectivity index (χ1n) is 10.2. The number of rotatable bonds is 7. The van der Waals surface area contributed by atoms with Crippen LogP contribution < -0.4 is 9.46 Å². The largest absolute Gasteiger partial charge is 0.497 e. The first-order chi connectivity index (χ1) is 15.8. The monoisotopic (exact) mass is 481 g/mol. The molecule has 1 aromatic heterocycles. The highest BCUT2D eigenvalue weighted by Gasteiger charge is 2.23. The van der Waals surface area contributed by atoms with Gasteiger partial charge in [0.05, 0.1) is 28.3 Å². The summed E-state index contributed by atoms with van der Waals surface area (Å²) in [6.45, 7) is 1.90. The highest BCUT2D eigenvalue weighted by molar-refractivity contribution is 7.92. The van der Waals surface area contributed by atoms with E-state index in [1.54, 1.807) is 48.3 Å². The Kier molecular flexibility index (Phi) is 6.35. The minimum atomic E-state index is -3.88. The van der Waals surface area contributed by atoms with Gasteiger partial charge in [-0.25, -0.2) is 13.4 Å². The highest BCUT2D eigenvalue weighted by atomic mass is 32.2. The standard InChI is InChI=1S/C24H23N3O4S2/c1-16(23-25-21-9-4-5-10-22(21)32-23)27(2)24(28)17-7-6-8-20(15-17)33(29,30)26-18-11-13-19(31-3)14-12-18/h4-16,26H,1-3H3. The molecule has 0 aliphatic carbocycles. The lowest BCUT2D eigenvalue weighted by Crippen LogP contribution is -2.29. The van der Waals surface area contributed by atoms with Crippen LogP contribution in [0.4, 0.5) is 5.69 Å². The lowest BCUT2D eigenvalue weighted by atomic mass is 10.2. The normalized spacial score (nSPS) is 12.3. The Morgan fingerprint density at radius 1 is 1.06 bits per heavy atom. The van der Waals surface area contributed by atoms with E-state index in [-0.39, 0.29) is 22.4 Å². The highest BCUT2D eigenvalue weighted by Crippen LogP contribution is 2.30. The Morgan fingerprint density at radius 3 is 2.48 bits per heavy atom. The van der Waals surface area contributed by atoms with Crippen molar-refractivity contribution >= 4 is 43.2 Å². The van der Waals surface area contributed by atoms with Crippen LogP contribution in [0, 0.1) is 0 Å². The summed E-state index contributed by atoms with van der Waals surface area (Å²) >= 11 is 1.54. The predicted octanol–water partition coefficient (Wildman–Crippen LogP) is 4.94. The van der Waals surface area contributed by atoms with Crippen molar-refractivity contribution in [2.45, 2.75) is 17.9 Å². The van der Waals surface area contributed by atoms with Crippen LogP contribution in [0.1, 0.15) is 28.3 Å². The van der Waals surface area contributed by atoms with Crippen molar-refractivity contribution < 1.29 is 17.9 Å². The van der Waals surface area contributed by atoms with Gasteiger partial charge < -0.3 is 9.64 Å². The van der Waals surface area contributed by atoms with Crippen molar-refractivity contribution in [1.29, 1.82) is 0 Å². The van der Waals surface area contributed by atoms with Crippen LogP contribution in [0.3, 0.4) is 0 Å². The van der Waals surface area contributed by atoms with Gasteiger partial charge in [0.25, 0.3) is 15.9 Å². The van der Waals surface area contributed by atoms with E-state index in [1.165, 1.54) is 30.6 Å². The molecule has 1 amide bonds. The summed E-state index contributed by atoms with van der Waals surface area (Å²) in [5.41, 5.74) is 1.57. The molecule has 0 saturated carbocycles. The van der Waals surface area contributed by atoms with E-state index in [4.69, 9.17) is 4.74 Å². The third kappa shape index (κ3) is 4.84. The molecule has 0 aliphatic heterocycles. The predicted molar refractivity (Wildman–Crippen MR) is 130 cm³/mol. The van der Waals surface area contributed by atoms with E-state index < -0.39 is 10.0 Å². The molecule has 0 spiro atoms. The van der Waals surface area contributed by atoms with Gasteiger partial charge in [-0.2, -0.15) is 0 Å². The van der Waals surface area contributed by atoms with Crippen LogP contribution in [-0.4, -0.2) is 38.4 Å². The maximum atomic E-state index is 13.2. The number of carbonyl (C=O) groups is 1. The first kappa shape index (κ1) is 22.8. The second-order valence-corrected chi connectivity index (χ2v) is 10.2. The molecular formula is C24H23N3O4S2. The molecule has 33 heavy (non-hydrogen) atoms. The van der Waals surface area contributed by atoms with Crippen LogP contribution >= 0.6 is 11.3 Å². The fourth-order valence-corrected chi connectivity index (χ4v) is 5.45. The molecule has 0 radical (unpaired) electrons. The maximum absolute atomic E-state index is 13.2. The number of para-hydroxylation sites is 1. The Bertz CT molecular complexity index is 1370.